The fourth-order valence-corrected chi connectivity index (χ4v) is 2.74. The van der Waals surface area contributed by atoms with E-state index in [4.69, 9.17) is 50.2 Å². The molecule has 0 radical (unpaired) electrons. The lowest BCUT2D eigenvalue weighted by molar-refractivity contribution is -0.136. The largest absolute Gasteiger partial charge is 0.481 e. The molecule has 0 aliphatic carbocycles. The summed E-state index contributed by atoms with van der Waals surface area (Å²) in [7, 11) is -4.19. The van der Waals surface area contributed by atoms with Crippen LogP contribution in [-0.2, 0) is 14.9 Å². The second kappa shape index (κ2) is 9.93. The van der Waals surface area contributed by atoms with E-state index < -0.39 is 21.3 Å². The fraction of sp³-hybridized carbons (Fsp3) is 0.417. The van der Waals surface area contributed by atoms with Crippen molar-refractivity contribution >= 4 is 63.5 Å². The normalized spacial score (nSPS) is 13.7. The summed E-state index contributed by atoms with van der Waals surface area (Å²) >= 11 is 21.1. The zero-order valence-corrected chi connectivity index (χ0v) is 15.9. The standard InChI is InChI=1S/C8H7Cl3O3S.C4H9NO2S/c1-4(15(12,13)14)5-2-3-6(9)8(11)7(5)10;5-2-3(8)1-4(6)7/h2-4H,1H3,(H,12,13,14);3,8H,1-2,5H2,(H,6,7)/t;3-/m.1/s1. The minimum absolute atomic E-state index is 0.0364. The number of hydrogen-bond acceptors (Lipinski definition) is 5. The summed E-state index contributed by atoms with van der Waals surface area (Å²) < 4.78 is 30.7. The van der Waals surface area contributed by atoms with Crippen LogP contribution in [0.3, 0.4) is 0 Å². The number of benzene rings is 1. The van der Waals surface area contributed by atoms with E-state index in [0.717, 1.165) is 0 Å². The van der Waals surface area contributed by atoms with Gasteiger partial charge in [0.1, 0.15) is 5.25 Å². The van der Waals surface area contributed by atoms with Crippen LogP contribution in [0.25, 0.3) is 0 Å². The summed E-state index contributed by atoms with van der Waals surface area (Å²) in [6.45, 7) is 1.62. The van der Waals surface area contributed by atoms with Crippen LogP contribution in [0.1, 0.15) is 24.2 Å². The Kier molecular flexibility index (Phi) is 9.83. The quantitative estimate of drug-likeness (QED) is 0.327. The first-order valence-corrected chi connectivity index (χ1v) is 9.26. The SMILES string of the molecule is CC(c1ccc(Cl)c(Cl)c1Cl)S(=O)(=O)O.NC[C@H](S)CC(=O)O. The molecule has 0 saturated carbocycles. The molecule has 23 heavy (non-hydrogen) atoms. The number of carboxylic acid groups (broad SMARTS) is 1. The molecule has 132 valence electrons. The Morgan fingerprint density at radius 1 is 1.30 bits per heavy atom. The van der Waals surface area contributed by atoms with Crippen LogP contribution in [0.2, 0.25) is 15.1 Å². The Morgan fingerprint density at radius 2 is 1.83 bits per heavy atom. The molecular weight excluding hydrogens is 409 g/mol. The first-order valence-electron chi connectivity index (χ1n) is 6.11. The molecule has 1 rings (SSSR count). The van der Waals surface area contributed by atoms with Gasteiger partial charge in [0.2, 0.25) is 0 Å². The van der Waals surface area contributed by atoms with Crippen LogP contribution in [0, 0.1) is 0 Å². The van der Waals surface area contributed by atoms with E-state index in [-0.39, 0.29) is 32.3 Å². The second-order valence-electron chi connectivity index (χ2n) is 4.41. The Morgan fingerprint density at radius 3 is 2.17 bits per heavy atom. The number of carboxylic acids is 1. The zero-order valence-electron chi connectivity index (χ0n) is 11.9. The van der Waals surface area contributed by atoms with Crippen molar-refractivity contribution in [3.63, 3.8) is 0 Å². The summed E-state index contributed by atoms with van der Waals surface area (Å²) in [6, 6.07) is 2.84. The molecule has 0 fully saturated rings. The molecule has 4 N–H and O–H groups in total. The van der Waals surface area contributed by atoms with E-state index in [0.29, 0.717) is 6.54 Å². The molecular formula is C12H16Cl3NO5S2. The highest BCUT2D eigenvalue weighted by atomic mass is 35.5. The maximum Gasteiger partial charge on any atom is 0.304 e. The topological polar surface area (TPSA) is 118 Å². The Labute approximate surface area is 155 Å². The van der Waals surface area contributed by atoms with Gasteiger partial charge in [-0.2, -0.15) is 21.0 Å². The number of hydrogen-bond donors (Lipinski definition) is 4. The average Bonchev–Trinajstić information content (AvgIpc) is 2.43. The van der Waals surface area contributed by atoms with Crippen LogP contribution >= 0.6 is 47.4 Å². The lowest BCUT2D eigenvalue weighted by Crippen LogP contribution is -2.17. The third-order valence-corrected chi connectivity index (χ3v) is 5.48. The second-order valence-corrected chi connectivity index (χ2v) is 8.04. The Balaban J connectivity index is 0.000000515. The van der Waals surface area contributed by atoms with E-state index in [1.807, 2.05) is 0 Å². The monoisotopic (exact) mass is 423 g/mol. The van der Waals surface area contributed by atoms with Crippen molar-refractivity contribution in [1.29, 1.82) is 0 Å². The van der Waals surface area contributed by atoms with Gasteiger partial charge in [0, 0.05) is 11.8 Å². The Bertz CT molecular complexity index is 654. The third-order valence-electron chi connectivity index (χ3n) is 2.63. The number of thiol groups is 1. The van der Waals surface area contributed by atoms with Crippen molar-refractivity contribution in [1.82, 2.24) is 0 Å². The predicted molar refractivity (Wildman–Crippen MR) is 95.5 cm³/mol. The highest BCUT2D eigenvalue weighted by molar-refractivity contribution is 7.86. The van der Waals surface area contributed by atoms with Gasteiger partial charge >= 0.3 is 5.97 Å². The minimum Gasteiger partial charge on any atom is -0.481 e. The van der Waals surface area contributed by atoms with E-state index in [9.17, 15) is 13.2 Å². The number of nitrogens with two attached hydrogens (primary N) is 1. The summed E-state index contributed by atoms with van der Waals surface area (Å²) in [5.74, 6) is -0.851. The van der Waals surface area contributed by atoms with Gasteiger partial charge in [-0.05, 0) is 18.6 Å². The average molecular weight is 425 g/mol. The smallest absolute Gasteiger partial charge is 0.304 e. The number of aliphatic carboxylic acids is 1. The van der Waals surface area contributed by atoms with Crippen molar-refractivity contribution in [2.45, 2.75) is 23.8 Å². The van der Waals surface area contributed by atoms with Gasteiger partial charge in [0.25, 0.3) is 10.1 Å². The van der Waals surface area contributed by atoms with Gasteiger partial charge in [-0.25, -0.2) is 0 Å². The lowest BCUT2D eigenvalue weighted by Gasteiger charge is -2.11. The van der Waals surface area contributed by atoms with Crippen LogP contribution in [0.4, 0.5) is 0 Å². The van der Waals surface area contributed by atoms with Crippen LogP contribution in [-0.4, -0.2) is 35.8 Å². The predicted octanol–water partition coefficient (Wildman–Crippen LogP) is 3.31. The van der Waals surface area contributed by atoms with E-state index >= 15 is 0 Å². The molecule has 0 bridgehead atoms. The van der Waals surface area contributed by atoms with Gasteiger partial charge in [-0.3, -0.25) is 9.35 Å². The van der Waals surface area contributed by atoms with Gasteiger partial charge in [-0.1, -0.05) is 40.9 Å². The highest BCUT2D eigenvalue weighted by Gasteiger charge is 2.23. The van der Waals surface area contributed by atoms with Crippen molar-refractivity contribution in [2.24, 2.45) is 5.73 Å². The first-order chi connectivity index (χ1) is 10.4. The van der Waals surface area contributed by atoms with Crippen molar-refractivity contribution < 1.29 is 22.9 Å². The van der Waals surface area contributed by atoms with Crippen molar-refractivity contribution in [3.05, 3.63) is 32.8 Å². The summed E-state index contributed by atoms with van der Waals surface area (Å²) in [6.07, 6.45) is 0.0413. The van der Waals surface area contributed by atoms with E-state index in [1.165, 1.54) is 19.1 Å². The van der Waals surface area contributed by atoms with Crippen molar-refractivity contribution in [3.8, 4) is 0 Å². The molecule has 6 nitrogen and oxygen atoms in total. The van der Waals surface area contributed by atoms with Gasteiger partial charge in [-0.15, -0.1) is 0 Å². The molecule has 0 amide bonds. The zero-order chi connectivity index (χ0) is 18.4. The van der Waals surface area contributed by atoms with E-state index in [2.05, 4.69) is 12.6 Å². The molecule has 2 atom stereocenters. The molecule has 1 aromatic rings. The maximum atomic E-state index is 10.9. The maximum absolute atomic E-state index is 10.9. The molecule has 0 saturated heterocycles. The molecule has 0 spiro atoms. The number of halogens is 3. The molecule has 0 aromatic heterocycles. The van der Waals surface area contributed by atoms with Crippen molar-refractivity contribution in [2.75, 3.05) is 6.54 Å². The highest BCUT2D eigenvalue weighted by Crippen LogP contribution is 2.37. The van der Waals surface area contributed by atoms with Gasteiger partial charge in [0.05, 0.1) is 21.5 Å². The minimum atomic E-state index is -4.19. The summed E-state index contributed by atoms with van der Waals surface area (Å²) in [5.41, 5.74) is 5.30. The van der Waals surface area contributed by atoms with Gasteiger partial charge < -0.3 is 10.8 Å². The van der Waals surface area contributed by atoms with Crippen LogP contribution in [0.5, 0.6) is 0 Å². The fourth-order valence-electron chi connectivity index (χ4n) is 1.30. The third kappa shape index (κ3) is 7.93. The lowest BCUT2D eigenvalue weighted by atomic mass is 10.2. The molecule has 0 aliphatic heterocycles. The summed E-state index contributed by atoms with van der Waals surface area (Å²) in [5, 5.41) is 7.11. The van der Waals surface area contributed by atoms with E-state index in [1.54, 1.807) is 0 Å². The van der Waals surface area contributed by atoms with Crippen LogP contribution < -0.4 is 5.73 Å². The molecule has 0 aliphatic rings. The summed E-state index contributed by atoms with van der Waals surface area (Å²) in [4.78, 5) is 9.86. The van der Waals surface area contributed by atoms with Gasteiger partial charge in [0.15, 0.2) is 0 Å². The molecule has 11 heteroatoms. The first kappa shape index (κ1) is 22.8. The number of rotatable bonds is 5. The molecule has 1 unspecified atom stereocenters. The van der Waals surface area contributed by atoms with Crippen LogP contribution in [0.15, 0.2) is 12.1 Å². The Hall–Kier alpha value is -0.220. The molecule has 1 aromatic carbocycles. The molecule has 0 heterocycles. The number of carbonyl (C=O) groups is 1.